The van der Waals surface area contributed by atoms with Crippen LogP contribution in [0.25, 0.3) is 22.3 Å². The number of hydrogen-bond acceptors (Lipinski definition) is 6. The van der Waals surface area contributed by atoms with Crippen molar-refractivity contribution in [1.29, 1.82) is 5.26 Å². The van der Waals surface area contributed by atoms with Crippen LogP contribution in [0.3, 0.4) is 0 Å². The lowest BCUT2D eigenvalue weighted by Crippen LogP contribution is -2.40. The third-order valence-corrected chi connectivity index (χ3v) is 6.02. The molecular weight excluding hydrogens is 416 g/mol. The van der Waals surface area contributed by atoms with E-state index in [0.717, 1.165) is 32.0 Å². The smallest absolute Gasteiger partial charge is 0.387 e. The van der Waals surface area contributed by atoms with Gasteiger partial charge in [0.15, 0.2) is 5.65 Å². The molecule has 0 radical (unpaired) electrons. The summed E-state index contributed by atoms with van der Waals surface area (Å²) < 4.78 is 31.5. The molecular formula is C23H25F2N5O2. The number of alkyl halides is 2. The fraction of sp³-hybridized carbons (Fsp3) is 0.435. The standard InChI is InChI=1S/C23H25F2N5O2/c1-13(2)29-6-4-5-16(12-29)30-11-15(10-26)18-9-19(27-28-22(18)30)21-14(3)7-17(8-20(21)31)32-23(24)25/h7-9,11,13,16,23,31H,4-6,12H2,1-3H3/t16-/m1/s1. The molecule has 2 aromatic heterocycles. The number of piperidine rings is 1. The highest BCUT2D eigenvalue weighted by atomic mass is 19.3. The molecule has 7 nitrogen and oxygen atoms in total. The number of likely N-dealkylation sites (tertiary alicyclic amines) is 1. The van der Waals surface area contributed by atoms with Gasteiger partial charge in [-0.25, -0.2) is 0 Å². The highest BCUT2D eigenvalue weighted by Gasteiger charge is 2.26. The van der Waals surface area contributed by atoms with E-state index >= 15 is 0 Å². The minimum Gasteiger partial charge on any atom is -0.507 e. The van der Waals surface area contributed by atoms with Crippen LogP contribution < -0.4 is 4.74 Å². The van der Waals surface area contributed by atoms with Gasteiger partial charge in [-0.2, -0.15) is 14.0 Å². The van der Waals surface area contributed by atoms with Gasteiger partial charge in [-0.1, -0.05) is 0 Å². The van der Waals surface area contributed by atoms with E-state index in [4.69, 9.17) is 0 Å². The molecule has 0 saturated carbocycles. The number of benzene rings is 1. The van der Waals surface area contributed by atoms with Gasteiger partial charge < -0.3 is 14.4 Å². The van der Waals surface area contributed by atoms with Gasteiger partial charge in [-0.05, 0) is 57.9 Å². The third kappa shape index (κ3) is 4.10. The van der Waals surface area contributed by atoms with Gasteiger partial charge in [0.25, 0.3) is 0 Å². The molecule has 1 aliphatic heterocycles. The number of aromatic nitrogens is 3. The monoisotopic (exact) mass is 441 g/mol. The summed E-state index contributed by atoms with van der Waals surface area (Å²) in [4.78, 5) is 2.41. The molecule has 4 rings (SSSR count). The maximum Gasteiger partial charge on any atom is 0.387 e. The van der Waals surface area contributed by atoms with Crippen LogP contribution in [0.5, 0.6) is 11.5 Å². The second-order valence-corrected chi connectivity index (χ2v) is 8.43. The van der Waals surface area contributed by atoms with E-state index in [1.54, 1.807) is 13.0 Å². The molecule has 168 valence electrons. The first-order valence-corrected chi connectivity index (χ1v) is 10.6. The average molecular weight is 441 g/mol. The van der Waals surface area contributed by atoms with Crippen molar-refractivity contribution in [2.75, 3.05) is 13.1 Å². The number of nitrogens with zero attached hydrogens (tertiary/aromatic N) is 5. The number of ether oxygens (including phenoxy) is 1. The van der Waals surface area contributed by atoms with Gasteiger partial charge in [-0.3, -0.25) is 4.90 Å². The van der Waals surface area contributed by atoms with E-state index in [9.17, 15) is 19.1 Å². The second-order valence-electron chi connectivity index (χ2n) is 8.43. The number of aromatic hydroxyl groups is 1. The van der Waals surface area contributed by atoms with Crippen molar-refractivity contribution in [3.63, 3.8) is 0 Å². The Morgan fingerprint density at radius 3 is 2.69 bits per heavy atom. The predicted molar refractivity (Wildman–Crippen MR) is 116 cm³/mol. The highest BCUT2D eigenvalue weighted by Crippen LogP contribution is 2.37. The molecule has 3 heterocycles. The van der Waals surface area contributed by atoms with Crippen LogP contribution in [-0.2, 0) is 0 Å². The summed E-state index contributed by atoms with van der Waals surface area (Å²) in [5, 5.41) is 29.5. The van der Waals surface area contributed by atoms with E-state index in [-0.39, 0.29) is 17.5 Å². The largest absolute Gasteiger partial charge is 0.507 e. The molecule has 0 aliphatic carbocycles. The number of fused-ring (bicyclic) bond motifs is 1. The van der Waals surface area contributed by atoms with E-state index in [1.165, 1.54) is 6.07 Å². The normalized spacial score (nSPS) is 17.2. The van der Waals surface area contributed by atoms with E-state index < -0.39 is 6.61 Å². The molecule has 1 aromatic carbocycles. The van der Waals surface area contributed by atoms with Crippen molar-refractivity contribution in [3.8, 4) is 28.8 Å². The van der Waals surface area contributed by atoms with E-state index in [0.29, 0.717) is 39.5 Å². The molecule has 0 bridgehead atoms. The first kappa shape index (κ1) is 22.0. The Bertz CT molecular complexity index is 1160. The van der Waals surface area contributed by atoms with Gasteiger partial charge in [0.05, 0.1) is 11.3 Å². The van der Waals surface area contributed by atoms with Crippen LogP contribution in [0.2, 0.25) is 0 Å². The lowest BCUT2D eigenvalue weighted by Gasteiger charge is -2.36. The number of halogens is 2. The summed E-state index contributed by atoms with van der Waals surface area (Å²) in [6.45, 7) is 4.96. The van der Waals surface area contributed by atoms with Crippen LogP contribution in [0.1, 0.15) is 43.9 Å². The van der Waals surface area contributed by atoms with Gasteiger partial charge in [0.2, 0.25) is 0 Å². The van der Waals surface area contributed by atoms with Crippen molar-refractivity contribution < 1.29 is 18.6 Å². The molecule has 1 saturated heterocycles. The van der Waals surface area contributed by atoms with E-state index in [2.05, 4.69) is 39.8 Å². The molecule has 32 heavy (non-hydrogen) atoms. The first-order chi connectivity index (χ1) is 15.3. The molecule has 1 N–H and O–H groups in total. The Balaban J connectivity index is 1.75. The Kier molecular flexibility index (Phi) is 5.98. The van der Waals surface area contributed by atoms with Crippen LogP contribution in [-0.4, -0.2) is 50.5 Å². The minimum atomic E-state index is -2.99. The van der Waals surface area contributed by atoms with Crippen LogP contribution >= 0.6 is 0 Å². The zero-order valence-corrected chi connectivity index (χ0v) is 18.2. The van der Waals surface area contributed by atoms with Crippen molar-refractivity contribution in [1.82, 2.24) is 19.7 Å². The van der Waals surface area contributed by atoms with Crippen LogP contribution in [0.15, 0.2) is 24.4 Å². The molecule has 0 amide bonds. The van der Waals surface area contributed by atoms with Crippen molar-refractivity contribution in [3.05, 3.63) is 35.5 Å². The maximum absolute atomic E-state index is 12.5. The summed E-state index contributed by atoms with van der Waals surface area (Å²) in [5.74, 6) is -0.379. The molecule has 1 fully saturated rings. The van der Waals surface area contributed by atoms with Gasteiger partial charge in [0, 0.05) is 41.8 Å². The number of rotatable bonds is 5. The third-order valence-electron chi connectivity index (χ3n) is 6.02. The molecule has 0 unspecified atom stereocenters. The molecule has 3 aromatic rings. The highest BCUT2D eigenvalue weighted by molar-refractivity contribution is 5.87. The summed E-state index contributed by atoms with van der Waals surface area (Å²) >= 11 is 0. The maximum atomic E-state index is 12.5. The summed E-state index contributed by atoms with van der Waals surface area (Å²) in [6.07, 6.45) is 3.88. The second kappa shape index (κ2) is 8.71. The predicted octanol–water partition coefficient (Wildman–Crippen LogP) is 4.63. The minimum absolute atomic E-state index is 0.136. The summed E-state index contributed by atoms with van der Waals surface area (Å²) in [5.41, 5.74) is 2.33. The topological polar surface area (TPSA) is 87.2 Å². The average Bonchev–Trinajstić information content (AvgIpc) is 3.11. The van der Waals surface area contributed by atoms with Crippen molar-refractivity contribution in [2.45, 2.75) is 52.3 Å². The van der Waals surface area contributed by atoms with Gasteiger partial charge >= 0.3 is 6.61 Å². The van der Waals surface area contributed by atoms with Gasteiger partial charge in [0.1, 0.15) is 17.6 Å². The fourth-order valence-electron chi connectivity index (χ4n) is 4.45. The number of phenols is 1. The van der Waals surface area contributed by atoms with Crippen LogP contribution in [0, 0.1) is 18.3 Å². The number of hydrogen-bond donors (Lipinski definition) is 1. The Labute approximate surface area is 184 Å². The van der Waals surface area contributed by atoms with Gasteiger partial charge in [-0.15, -0.1) is 10.2 Å². The quantitative estimate of drug-likeness (QED) is 0.621. The number of phenolic OH excluding ortho intramolecular Hbond substituents is 1. The molecule has 0 spiro atoms. The zero-order valence-electron chi connectivity index (χ0n) is 18.2. The number of aryl methyl sites for hydroxylation is 1. The summed E-state index contributed by atoms with van der Waals surface area (Å²) in [7, 11) is 0. The zero-order chi connectivity index (χ0) is 23.0. The Morgan fingerprint density at radius 1 is 1.25 bits per heavy atom. The van der Waals surface area contributed by atoms with E-state index in [1.807, 2.05) is 10.8 Å². The summed E-state index contributed by atoms with van der Waals surface area (Å²) in [6, 6.07) is 7.12. The van der Waals surface area contributed by atoms with Crippen molar-refractivity contribution in [2.24, 2.45) is 0 Å². The number of nitriles is 1. The fourth-order valence-corrected chi connectivity index (χ4v) is 4.45. The van der Waals surface area contributed by atoms with Crippen molar-refractivity contribution >= 4 is 11.0 Å². The van der Waals surface area contributed by atoms with Crippen LogP contribution in [0.4, 0.5) is 8.78 Å². The molecule has 1 aliphatic rings. The Hall–Kier alpha value is -3.25. The Morgan fingerprint density at radius 2 is 2.03 bits per heavy atom. The first-order valence-electron chi connectivity index (χ1n) is 10.6. The lowest BCUT2D eigenvalue weighted by atomic mass is 10.0. The lowest BCUT2D eigenvalue weighted by molar-refractivity contribution is -0.0499. The SMILES string of the molecule is Cc1cc(OC(F)F)cc(O)c1-c1cc2c(C#N)cn([C@@H]3CCCN(C(C)C)C3)c2nn1. The molecule has 1 atom stereocenters. The molecule has 9 heteroatoms.